The summed E-state index contributed by atoms with van der Waals surface area (Å²) in [5.41, 5.74) is -1.05. The minimum atomic E-state index is -1.64. The number of unbranched alkanes of at least 4 members (excludes halogenated alkanes) is 3. The first kappa shape index (κ1) is 21.2. The van der Waals surface area contributed by atoms with Crippen LogP contribution in [-0.2, 0) is 19.1 Å². The highest BCUT2D eigenvalue weighted by Crippen LogP contribution is 2.37. The molecule has 1 atom stereocenters. The number of carboxylic acid groups (broad SMARTS) is 1. The number of methoxy groups -OCH3 is 1. The van der Waals surface area contributed by atoms with Gasteiger partial charge in [-0.15, -0.1) is 0 Å². The van der Waals surface area contributed by atoms with Gasteiger partial charge in [0.2, 0.25) is 5.91 Å². The van der Waals surface area contributed by atoms with Crippen molar-refractivity contribution in [3.05, 3.63) is 24.3 Å². The molecule has 0 unspecified atom stereocenters. The summed E-state index contributed by atoms with van der Waals surface area (Å²) in [6, 6.07) is 7.18. The van der Waals surface area contributed by atoms with Crippen LogP contribution in [0.3, 0.4) is 0 Å². The normalized spacial score (nSPS) is 15.6. The molecule has 0 radical (unpaired) electrons. The van der Waals surface area contributed by atoms with Crippen LogP contribution in [0, 0.1) is 5.41 Å². The molecule has 7 nitrogen and oxygen atoms in total. The third kappa shape index (κ3) is 4.99. The fourth-order valence-electron chi connectivity index (χ4n) is 3.29. The number of aliphatic carboxylic acids is 1. The first-order valence-electron chi connectivity index (χ1n) is 9.40. The van der Waals surface area contributed by atoms with Gasteiger partial charge < -0.3 is 24.2 Å². The van der Waals surface area contributed by atoms with Crippen molar-refractivity contribution in [3.8, 4) is 5.75 Å². The number of carbonyl (C=O) groups is 2. The summed E-state index contributed by atoms with van der Waals surface area (Å²) in [5, 5.41) is 10.0. The van der Waals surface area contributed by atoms with Crippen molar-refractivity contribution in [1.29, 1.82) is 0 Å². The van der Waals surface area contributed by atoms with Crippen LogP contribution in [0.2, 0.25) is 0 Å². The molecule has 0 saturated heterocycles. The number of ether oxygens (including phenoxy) is 3. The standard InChI is InChI=1S/C20H29NO6/c1-3-4-5-8-11-20(19(23)24,14-26-15-25-2)18(22)21-12-13-27-17-10-7-6-9-16(17)21/h6-7,9-10H,3-5,8,11-15H2,1-2H3,(H,23,24)/t20-/m0/s1. The Hall–Kier alpha value is -2.12. The van der Waals surface area contributed by atoms with Gasteiger partial charge in [-0.25, -0.2) is 0 Å². The van der Waals surface area contributed by atoms with Gasteiger partial charge >= 0.3 is 5.97 Å². The van der Waals surface area contributed by atoms with E-state index in [0.29, 0.717) is 31.0 Å². The first-order chi connectivity index (χ1) is 13.1. The lowest BCUT2D eigenvalue weighted by atomic mass is 9.81. The van der Waals surface area contributed by atoms with E-state index in [0.717, 1.165) is 19.3 Å². The lowest BCUT2D eigenvalue weighted by Gasteiger charge is -2.36. The van der Waals surface area contributed by atoms with Crippen LogP contribution in [0.5, 0.6) is 5.75 Å². The van der Waals surface area contributed by atoms with Crippen molar-refractivity contribution >= 4 is 17.6 Å². The van der Waals surface area contributed by atoms with Gasteiger partial charge in [0.05, 0.1) is 18.8 Å². The van der Waals surface area contributed by atoms with E-state index in [9.17, 15) is 14.7 Å². The van der Waals surface area contributed by atoms with E-state index >= 15 is 0 Å². The molecule has 0 aromatic heterocycles. The number of fused-ring (bicyclic) bond motifs is 1. The molecule has 2 rings (SSSR count). The van der Waals surface area contributed by atoms with Crippen LogP contribution in [0.4, 0.5) is 5.69 Å². The fourth-order valence-corrected chi connectivity index (χ4v) is 3.29. The summed E-state index contributed by atoms with van der Waals surface area (Å²) in [4.78, 5) is 27.2. The number of carboxylic acids is 1. The molecular weight excluding hydrogens is 350 g/mol. The Morgan fingerprint density at radius 3 is 2.74 bits per heavy atom. The van der Waals surface area contributed by atoms with Gasteiger partial charge in [0.25, 0.3) is 0 Å². The number of para-hydroxylation sites is 2. The number of nitrogens with zero attached hydrogens (tertiary/aromatic N) is 1. The minimum Gasteiger partial charge on any atom is -0.490 e. The second kappa shape index (κ2) is 10.3. The predicted octanol–water partition coefficient (Wildman–Crippen LogP) is 3.07. The van der Waals surface area contributed by atoms with Crippen molar-refractivity contribution in [2.75, 3.05) is 38.6 Å². The largest absolute Gasteiger partial charge is 0.490 e. The number of anilines is 1. The molecule has 27 heavy (non-hydrogen) atoms. The number of hydrogen-bond acceptors (Lipinski definition) is 5. The lowest BCUT2D eigenvalue weighted by Crippen LogP contribution is -2.53. The van der Waals surface area contributed by atoms with E-state index in [1.54, 1.807) is 18.2 Å². The summed E-state index contributed by atoms with van der Waals surface area (Å²) < 4.78 is 15.9. The Labute approximate surface area is 160 Å². The molecule has 0 bridgehead atoms. The van der Waals surface area contributed by atoms with E-state index in [-0.39, 0.29) is 19.8 Å². The molecule has 1 aromatic carbocycles. The van der Waals surface area contributed by atoms with E-state index < -0.39 is 17.3 Å². The summed E-state index contributed by atoms with van der Waals surface area (Å²) in [6.45, 7) is 2.44. The zero-order valence-corrected chi connectivity index (χ0v) is 16.1. The molecule has 1 aliphatic rings. The fraction of sp³-hybridized carbons (Fsp3) is 0.600. The molecule has 1 amide bonds. The number of amides is 1. The number of carbonyl (C=O) groups excluding carboxylic acids is 1. The monoisotopic (exact) mass is 379 g/mol. The van der Waals surface area contributed by atoms with E-state index in [1.807, 2.05) is 6.07 Å². The topological polar surface area (TPSA) is 85.3 Å². The average Bonchev–Trinajstić information content (AvgIpc) is 2.68. The van der Waals surface area contributed by atoms with Crippen molar-refractivity contribution in [3.63, 3.8) is 0 Å². The molecule has 1 aromatic rings. The number of rotatable bonds is 11. The highest BCUT2D eigenvalue weighted by molar-refractivity contribution is 6.10. The summed E-state index contributed by atoms with van der Waals surface area (Å²) in [7, 11) is 1.46. The minimum absolute atomic E-state index is 0.0586. The SMILES string of the molecule is CCCCCC[C@@](COCOC)(C(=O)O)C(=O)N1CCOc2ccccc21. The summed E-state index contributed by atoms with van der Waals surface area (Å²) in [5.74, 6) is -1.04. The molecule has 150 valence electrons. The van der Waals surface area contributed by atoms with Crippen LogP contribution in [0.1, 0.15) is 39.0 Å². The Kier molecular flexibility index (Phi) is 8.06. The second-order valence-electron chi connectivity index (χ2n) is 6.73. The van der Waals surface area contributed by atoms with Gasteiger partial charge in [0.1, 0.15) is 19.1 Å². The quantitative estimate of drug-likeness (QED) is 0.361. The molecule has 0 saturated carbocycles. The number of benzene rings is 1. The van der Waals surface area contributed by atoms with Crippen LogP contribution in [-0.4, -0.2) is 50.6 Å². The third-order valence-electron chi connectivity index (χ3n) is 4.80. The summed E-state index contributed by atoms with van der Waals surface area (Å²) in [6.07, 6.45) is 3.79. The average molecular weight is 379 g/mol. The maximum absolute atomic E-state index is 13.5. The van der Waals surface area contributed by atoms with Crippen LogP contribution < -0.4 is 9.64 Å². The molecule has 1 heterocycles. The molecule has 0 fully saturated rings. The smallest absolute Gasteiger partial charge is 0.321 e. The molecule has 1 aliphatic heterocycles. The Bertz CT molecular complexity index is 635. The first-order valence-corrected chi connectivity index (χ1v) is 9.40. The lowest BCUT2D eigenvalue weighted by molar-refractivity contribution is -0.163. The predicted molar refractivity (Wildman–Crippen MR) is 101 cm³/mol. The van der Waals surface area contributed by atoms with Gasteiger partial charge in [0, 0.05) is 7.11 Å². The van der Waals surface area contributed by atoms with Crippen molar-refractivity contribution in [2.24, 2.45) is 5.41 Å². The molecular formula is C20H29NO6. The zero-order chi connectivity index (χ0) is 19.7. The van der Waals surface area contributed by atoms with Gasteiger partial charge in [0.15, 0.2) is 5.41 Å². The Morgan fingerprint density at radius 2 is 2.04 bits per heavy atom. The molecule has 0 spiro atoms. The molecule has 7 heteroatoms. The summed E-state index contributed by atoms with van der Waals surface area (Å²) >= 11 is 0. The van der Waals surface area contributed by atoms with Gasteiger partial charge in [-0.2, -0.15) is 0 Å². The van der Waals surface area contributed by atoms with E-state index in [4.69, 9.17) is 14.2 Å². The van der Waals surface area contributed by atoms with Gasteiger partial charge in [-0.05, 0) is 18.6 Å². The zero-order valence-electron chi connectivity index (χ0n) is 16.1. The van der Waals surface area contributed by atoms with Crippen molar-refractivity contribution in [2.45, 2.75) is 39.0 Å². The third-order valence-corrected chi connectivity index (χ3v) is 4.80. The van der Waals surface area contributed by atoms with E-state index in [1.165, 1.54) is 12.0 Å². The number of hydrogen-bond donors (Lipinski definition) is 1. The van der Waals surface area contributed by atoms with Crippen molar-refractivity contribution < 1.29 is 28.9 Å². The van der Waals surface area contributed by atoms with Crippen LogP contribution >= 0.6 is 0 Å². The van der Waals surface area contributed by atoms with Crippen LogP contribution in [0.25, 0.3) is 0 Å². The van der Waals surface area contributed by atoms with Gasteiger partial charge in [-0.3, -0.25) is 9.59 Å². The highest BCUT2D eigenvalue weighted by Gasteiger charge is 2.49. The molecule has 0 aliphatic carbocycles. The Morgan fingerprint density at radius 1 is 1.26 bits per heavy atom. The Balaban J connectivity index is 2.30. The molecule has 1 N–H and O–H groups in total. The maximum Gasteiger partial charge on any atom is 0.321 e. The second-order valence-corrected chi connectivity index (χ2v) is 6.73. The highest BCUT2D eigenvalue weighted by atomic mass is 16.7. The van der Waals surface area contributed by atoms with E-state index in [2.05, 4.69) is 6.92 Å². The maximum atomic E-state index is 13.5. The van der Waals surface area contributed by atoms with Crippen molar-refractivity contribution in [1.82, 2.24) is 0 Å². The van der Waals surface area contributed by atoms with Gasteiger partial charge in [-0.1, -0.05) is 44.7 Å². The van der Waals surface area contributed by atoms with Crippen LogP contribution in [0.15, 0.2) is 24.3 Å².